The van der Waals surface area contributed by atoms with Crippen molar-refractivity contribution in [3.8, 4) is 0 Å². The fraction of sp³-hybridized carbons (Fsp3) is 0.545. The molecule has 1 aromatic heterocycles. The van der Waals surface area contributed by atoms with E-state index in [0.29, 0.717) is 15.9 Å². The first kappa shape index (κ1) is 14.8. The third kappa shape index (κ3) is 5.30. The van der Waals surface area contributed by atoms with Crippen LogP contribution in [0.25, 0.3) is 0 Å². The third-order valence-corrected chi connectivity index (χ3v) is 3.27. The number of anilines is 1. The van der Waals surface area contributed by atoms with Crippen LogP contribution in [-0.4, -0.2) is 18.1 Å². The van der Waals surface area contributed by atoms with Crippen LogP contribution >= 0.6 is 34.8 Å². The molecule has 0 aromatic carbocycles. The molecule has 1 heterocycles. The molecule has 3 N–H and O–H groups in total. The molecule has 0 aliphatic rings. The average Bonchev–Trinajstić information content (AvgIpc) is 2.30. The van der Waals surface area contributed by atoms with Crippen LogP contribution in [0.1, 0.15) is 25.7 Å². The minimum Gasteiger partial charge on any atom is -0.369 e. The number of nitrogens with zero attached hydrogens (tertiary/aromatic N) is 1. The quantitative estimate of drug-likeness (QED) is 0.591. The summed E-state index contributed by atoms with van der Waals surface area (Å²) >= 11 is 17.6. The SMILES string of the molecule is NCCCCCCNc1nc(Cl)c(Cl)cc1Cl. The Bertz CT molecular complexity index is 358. The predicted molar refractivity (Wildman–Crippen MR) is 75.3 cm³/mol. The van der Waals surface area contributed by atoms with Gasteiger partial charge in [-0.05, 0) is 25.5 Å². The van der Waals surface area contributed by atoms with E-state index in [2.05, 4.69) is 10.3 Å². The Labute approximate surface area is 117 Å². The second-order valence-corrected chi connectivity index (χ2v) is 4.89. The van der Waals surface area contributed by atoms with Crippen molar-refractivity contribution < 1.29 is 0 Å². The number of nitrogens with two attached hydrogens (primary N) is 1. The summed E-state index contributed by atoms with van der Waals surface area (Å²) in [4.78, 5) is 4.08. The highest BCUT2D eigenvalue weighted by Gasteiger charge is 2.06. The lowest BCUT2D eigenvalue weighted by molar-refractivity contribution is 0.661. The van der Waals surface area contributed by atoms with E-state index in [9.17, 15) is 0 Å². The number of hydrogen-bond donors (Lipinski definition) is 2. The highest BCUT2D eigenvalue weighted by atomic mass is 35.5. The maximum absolute atomic E-state index is 5.98. The lowest BCUT2D eigenvalue weighted by Crippen LogP contribution is -2.05. The van der Waals surface area contributed by atoms with Crippen LogP contribution < -0.4 is 11.1 Å². The van der Waals surface area contributed by atoms with Crippen molar-refractivity contribution >= 4 is 40.6 Å². The zero-order valence-electron chi connectivity index (χ0n) is 9.48. The summed E-state index contributed by atoms with van der Waals surface area (Å²) in [5.41, 5.74) is 5.41. The van der Waals surface area contributed by atoms with Gasteiger partial charge in [-0.3, -0.25) is 0 Å². The van der Waals surface area contributed by atoms with E-state index >= 15 is 0 Å². The van der Waals surface area contributed by atoms with Gasteiger partial charge in [0.25, 0.3) is 0 Å². The first-order valence-electron chi connectivity index (χ1n) is 5.60. The Morgan fingerprint density at radius 2 is 1.76 bits per heavy atom. The fourth-order valence-electron chi connectivity index (χ4n) is 1.40. The standard InChI is InChI=1S/C11H16Cl3N3/c12-8-7-9(13)11(17-10(8)14)16-6-4-2-1-3-5-15/h7H,1-6,15H2,(H,16,17). The second kappa shape index (κ2) is 7.98. The minimum atomic E-state index is 0.265. The van der Waals surface area contributed by atoms with Crippen molar-refractivity contribution in [3.05, 3.63) is 21.3 Å². The van der Waals surface area contributed by atoms with Crippen molar-refractivity contribution in [3.63, 3.8) is 0 Å². The molecule has 0 aliphatic carbocycles. The molecule has 6 heteroatoms. The van der Waals surface area contributed by atoms with Crippen molar-refractivity contribution in [2.24, 2.45) is 5.73 Å². The molecule has 1 rings (SSSR count). The molecule has 3 nitrogen and oxygen atoms in total. The van der Waals surface area contributed by atoms with E-state index in [1.54, 1.807) is 6.07 Å². The van der Waals surface area contributed by atoms with Gasteiger partial charge in [-0.1, -0.05) is 47.6 Å². The number of halogens is 3. The Kier molecular flexibility index (Phi) is 6.97. The zero-order chi connectivity index (χ0) is 12.7. The number of hydrogen-bond acceptors (Lipinski definition) is 3. The van der Waals surface area contributed by atoms with Crippen molar-refractivity contribution in [2.75, 3.05) is 18.4 Å². The van der Waals surface area contributed by atoms with Gasteiger partial charge in [0, 0.05) is 6.54 Å². The van der Waals surface area contributed by atoms with Gasteiger partial charge in [0.15, 0.2) is 0 Å². The summed E-state index contributed by atoms with van der Waals surface area (Å²) < 4.78 is 0. The van der Waals surface area contributed by atoms with Gasteiger partial charge >= 0.3 is 0 Å². The summed E-state index contributed by atoms with van der Waals surface area (Å²) in [7, 11) is 0. The fourth-order valence-corrected chi connectivity index (χ4v) is 1.96. The van der Waals surface area contributed by atoms with Crippen LogP contribution in [0, 0.1) is 0 Å². The number of unbranched alkanes of at least 4 members (excludes halogenated alkanes) is 3. The molecular formula is C11H16Cl3N3. The van der Waals surface area contributed by atoms with Gasteiger partial charge in [-0.25, -0.2) is 4.98 Å². The van der Waals surface area contributed by atoms with E-state index in [-0.39, 0.29) is 5.15 Å². The maximum Gasteiger partial charge on any atom is 0.150 e. The number of aromatic nitrogens is 1. The Hall–Kier alpha value is -0.220. The average molecular weight is 297 g/mol. The first-order chi connectivity index (χ1) is 8.15. The Morgan fingerprint density at radius 3 is 2.47 bits per heavy atom. The zero-order valence-corrected chi connectivity index (χ0v) is 11.7. The normalized spacial score (nSPS) is 10.6. The molecule has 0 atom stereocenters. The van der Waals surface area contributed by atoms with Crippen molar-refractivity contribution in [2.45, 2.75) is 25.7 Å². The summed E-state index contributed by atoms with van der Waals surface area (Å²) in [5.74, 6) is 0.583. The van der Waals surface area contributed by atoms with Gasteiger partial charge in [-0.15, -0.1) is 0 Å². The monoisotopic (exact) mass is 295 g/mol. The molecule has 96 valence electrons. The van der Waals surface area contributed by atoms with Crippen LogP contribution in [0.5, 0.6) is 0 Å². The third-order valence-electron chi connectivity index (χ3n) is 2.31. The minimum absolute atomic E-state index is 0.265. The maximum atomic E-state index is 5.98. The topological polar surface area (TPSA) is 50.9 Å². The van der Waals surface area contributed by atoms with Gasteiger partial charge < -0.3 is 11.1 Å². The molecule has 0 bridgehead atoms. The van der Waals surface area contributed by atoms with Crippen molar-refractivity contribution in [1.29, 1.82) is 0 Å². The van der Waals surface area contributed by atoms with E-state index in [1.165, 1.54) is 0 Å². The molecule has 0 spiro atoms. The van der Waals surface area contributed by atoms with Crippen LogP contribution in [0.15, 0.2) is 6.07 Å². The van der Waals surface area contributed by atoms with Crippen LogP contribution in [-0.2, 0) is 0 Å². The largest absolute Gasteiger partial charge is 0.369 e. The van der Waals surface area contributed by atoms with Gasteiger partial charge in [0.1, 0.15) is 11.0 Å². The van der Waals surface area contributed by atoms with E-state index in [4.69, 9.17) is 40.5 Å². The molecule has 0 saturated heterocycles. The van der Waals surface area contributed by atoms with Crippen LogP contribution in [0.2, 0.25) is 15.2 Å². The predicted octanol–water partition coefficient (Wildman–Crippen LogP) is 3.97. The van der Waals surface area contributed by atoms with E-state index < -0.39 is 0 Å². The Balaban J connectivity index is 2.34. The van der Waals surface area contributed by atoms with E-state index in [0.717, 1.165) is 38.8 Å². The molecule has 0 amide bonds. The molecule has 0 unspecified atom stereocenters. The highest BCUT2D eigenvalue weighted by Crippen LogP contribution is 2.28. The molecule has 0 radical (unpaired) electrons. The van der Waals surface area contributed by atoms with Crippen LogP contribution in [0.4, 0.5) is 5.82 Å². The van der Waals surface area contributed by atoms with Gasteiger partial charge in [0.05, 0.1) is 10.0 Å². The molecule has 1 aromatic rings. The summed E-state index contributed by atoms with van der Waals surface area (Å²) in [5, 5.41) is 4.26. The summed E-state index contributed by atoms with van der Waals surface area (Å²) in [6.45, 7) is 1.57. The lowest BCUT2D eigenvalue weighted by Gasteiger charge is -2.08. The Morgan fingerprint density at radius 1 is 1.06 bits per heavy atom. The van der Waals surface area contributed by atoms with Gasteiger partial charge in [0.2, 0.25) is 0 Å². The van der Waals surface area contributed by atoms with Gasteiger partial charge in [-0.2, -0.15) is 0 Å². The molecule has 17 heavy (non-hydrogen) atoms. The second-order valence-electron chi connectivity index (χ2n) is 3.72. The number of nitrogens with one attached hydrogen (secondary N) is 1. The highest BCUT2D eigenvalue weighted by molar-refractivity contribution is 6.42. The molecule has 0 fully saturated rings. The van der Waals surface area contributed by atoms with Crippen molar-refractivity contribution in [1.82, 2.24) is 4.98 Å². The van der Waals surface area contributed by atoms with Crippen LogP contribution in [0.3, 0.4) is 0 Å². The summed E-state index contributed by atoms with van der Waals surface area (Å²) in [6, 6.07) is 1.59. The molecular weight excluding hydrogens is 281 g/mol. The number of rotatable bonds is 7. The lowest BCUT2D eigenvalue weighted by atomic mass is 10.2. The summed E-state index contributed by atoms with van der Waals surface area (Å²) in [6.07, 6.45) is 4.42. The molecule has 0 aliphatic heterocycles. The number of pyridine rings is 1. The molecule has 0 saturated carbocycles. The smallest absolute Gasteiger partial charge is 0.150 e. The first-order valence-corrected chi connectivity index (χ1v) is 6.74. The van der Waals surface area contributed by atoms with E-state index in [1.807, 2.05) is 0 Å².